The van der Waals surface area contributed by atoms with Gasteiger partial charge in [0.2, 0.25) is 0 Å². The smallest absolute Gasteiger partial charge is 0.327 e. The summed E-state index contributed by atoms with van der Waals surface area (Å²) < 4.78 is 7.58. The van der Waals surface area contributed by atoms with Crippen molar-refractivity contribution in [2.24, 2.45) is 7.05 Å². The van der Waals surface area contributed by atoms with Crippen LogP contribution in [0.2, 0.25) is 5.02 Å². The molecule has 0 atom stereocenters. The number of amides is 2. The van der Waals surface area contributed by atoms with E-state index in [-0.39, 0.29) is 6.03 Å². The number of aromatic nitrogens is 3. The quantitative estimate of drug-likeness (QED) is 0.476. The van der Waals surface area contributed by atoms with Gasteiger partial charge in [-0.2, -0.15) is 5.10 Å². The third-order valence-corrected chi connectivity index (χ3v) is 5.35. The fourth-order valence-corrected chi connectivity index (χ4v) is 3.86. The molecule has 2 amide bonds. The van der Waals surface area contributed by atoms with E-state index in [1.54, 1.807) is 9.58 Å². The van der Waals surface area contributed by atoms with E-state index in [0.717, 1.165) is 22.2 Å². The van der Waals surface area contributed by atoms with Gasteiger partial charge in [-0.05, 0) is 48.9 Å². The molecular weight excluding hydrogens is 414 g/mol. The van der Waals surface area contributed by atoms with Crippen LogP contribution in [0.25, 0.3) is 22.2 Å². The van der Waals surface area contributed by atoms with E-state index in [4.69, 9.17) is 21.3 Å². The maximum atomic E-state index is 13.2. The number of pyridine rings is 1. The Morgan fingerprint density at radius 2 is 2.06 bits per heavy atom. The average Bonchev–Trinajstić information content (AvgIpc) is 2.99. The number of hydrogen-bond donors (Lipinski definition) is 1. The lowest BCUT2D eigenvalue weighted by molar-refractivity contribution is 0.256. The number of carbonyl (C=O) groups excluding carboxylic acids is 1. The fraction of sp³-hybridized carbons (Fsp3) is 0.174. The van der Waals surface area contributed by atoms with Gasteiger partial charge in [-0.3, -0.25) is 9.58 Å². The van der Waals surface area contributed by atoms with E-state index in [2.05, 4.69) is 10.4 Å². The normalized spacial score (nSPS) is 13.4. The standard InChI is InChI=1S/C23H20ClN5O2/c1-28-14-16-6-7-18(13-20(16)27-28)25-23(30)29-10-3-11-31-21-9-8-19(26-22(21)29)15-4-2-5-17(24)12-15/h2,4-9,12-14H,3,10-11H2,1H3,(H,25,30). The van der Waals surface area contributed by atoms with E-state index < -0.39 is 0 Å². The maximum absolute atomic E-state index is 13.2. The molecular formula is C23H20ClN5O2. The number of urea groups is 1. The zero-order valence-corrected chi connectivity index (χ0v) is 17.6. The van der Waals surface area contributed by atoms with E-state index in [1.165, 1.54) is 0 Å². The molecule has 0 fully saturated rings. The molecule has 3 heterocycles. The molecule has 0 unspecified atom stereocenters. The molecule has 4 aromatic rings. The first-order valence-corrected chi connectivity index (χ1v) is 10.4. The molecule has 0 radical (unpaired) electrons. The topological polar surface area (TPSA) is 72.3 Å². The highest BCUT2D eigenvalue weighted by Crippen LogP contribution is 2.33. The predicted molar refractivity (Wildman–Crippen MR) is 122 cm³/mol. The first kappa shape index (κ1) is 19.4. The number of anilines is 2. The number of carbonyl (C=O) groups is 1. The van der Waals surface area contributed by atoms with E-state index in [1.807, 2.05) is 67.8 Å². The van der Waals surface area contributed by atoms with Crippen molar-refractivity contribution in [2.75, 3.05) is 23.4 Å². The largest absolute Gasteiger partial charge is 0.490 e. The Kier molecular flexibility index (Phi) is 4.95. The Balaban J connectivity index is 1.47. The van der Waals surface area contributed by atoms with Crippen molar-refractivity contribution in [3.63, 3.8) is 0 Å². The summed E-state index contributed by atoms with van der Waals surface area (Å²) in [4.78, 5) is 19.6. The summed E-state index contributed by atoms with van der Waals surface area (Å²) in [5.74, 6) is 1.07. The third-order valence-electron chi connectivity index (χ3n) is 5.12. The summed E-state index contributed by atoms with van der Waals surface area (Å²) in [6.45, 7) is 1.02. The number of aryl methyl sites for hydroxylation is 1. The molecule has 0 spiro atoms. The summed E-state index contributed by atoms with van der Waals surface area (Å²) >= 11 is 6.14. The Labute approximate surface area is 184 Å². The van der Waals surface area contributed by atoms with Gasteiger partial charge in [0.15, 0.2) is 11.6 Å². The minimum atomic E-state index is -0.266. The van der Waals surface area contributed by atoms with E-state index >= 15 is 0 Å². The lowest BCUT2D eigenvalue weighted by Crippen LogP contribution is -2.36. The van der Waals surface area contributed by atoms with Gasteiger partial charge >= 0.3 is 6.03 Å². The highest BCUT2D eigenvalue weighted by atomic mass is 35.5. The van der Waals surface area contributed by atoms with Gasteiger partial charge in [-0.1, -0.05) is 23.7 Å². The molecule has 1 aliphatic heterocycles. The van der Waals surface area contributed by atoms with Crippen LogP contribution in [-0.4, -0.2) is 33.9 Å². The maximum Gasteiger partial charge on any atom is 0.327 e. The number of nitrogens with zero attached hydrogens (tertiary/aromatic N) is 4. The summed E-state index contributed by atoms with van der Waals surface area (Å²) in [7, 11) is 1.87. The molecule has 0 saturated carbocycles. The zero-order valence-electron chi connectivity index (χ0n) is 16.9. The van der Waals surface area contributed by atoms with Crippen LogP contribution >= 0.6 is 11.6 Å². The number of benzene rings is 2. The van der Waals surface area contributed by atoms with Crippen molar-refractivity contribution >= 4 is 40.0 Å². The van der Waals surface area contributed by atoms with E-state index in [0.29, 0.717) is 41.8 Å². The van der Waals surface area contributed by atoms with Crippen LogP contribution in [0.3, 0.4) is 0 Å². The lowest BCUT2D eigenvalue weighted by atomic mass is 10.1. The number of hydrogen-bond acceptors (Lipinski definition) is 4. The van der Waals surface area contributed by atoms with Crippen molar-refractivity contribution in [3.8, 4) is 17.0 Å². The number of nitrogens with one attached hydrogen (secondary N) is 1. The van der Waals surface area contributed by atoms with Gasteiger partial charge in [0.05, 0.1) is 17.8 Å². The van der Waals surface area contributed by atoms with Crippen molar-refractivity contribution < 1.29 is 9.53 Å². The highest BCUT2D eigenvalue weighted by Gasteiger charge is 2.25. The number of fused-ring (bicyclic) bond motifs is 2. The predicted octanol–water partition coefficient (Wildman–Crippen LogP) is 5.11. The minimum absolute atomic E-state index is 0.266. The lowest BCUT2D eigenvalue weighted by Gasteiger charge is -2.21. The van der Waals surface area contributed by atoms with Gasteiger partial charge in [-0.25, -0.2) is 9.78 Å². The molecule has 8 heteroatoms. The first-order valence-electron chi connectivity index (χ1n) is 9.98. The minimum Gasteiger partial charge on any atom is -0.490 e. The number of halogens is 1. The van der Waals surface area contributed by atoms with Gasteiger partial charge in [0.25, 0.3) is 0 Å². The second-order valence-corrected chi connectivity index (χ2v) is 7.83. The van der Waals surface area contributed by atoms with E-state index in [9.17, 15) is 4.79 Å². The van der Waals surface area contributed by atoms with Crippen LogP contribution < -0.4 is 15.0 Å². The van der Waals surface area contributed by atoms with Crippen molar-refractivity contribution in [2.45, 2.75) is 6.42 Å². The molecule has 1 N–H and O–H groups in total. The van der Waals surface area contributed by atoms with Crippen LogP contribution in [0.4, 0.5) is 16.3 Å². The Bertz CT molecular complexity index is 1290. The summed E-state index contributed by atoms with van der Waals surface area (Å²) in [5.41, 5.74) is 3.09. The molecule has 0 bridgehead atoms. The molecule has 7 nitrogen and oxygen atoms in total. The van der Waals surface area contributed by atoms with Crippen LogP contribution in [0.5, 0.6) is 5.75 Å². The van der Waals surface area contributed by atoms with Gasteiger partial charge in [-0.15, -0.1) is 0 Å². The Hall–Kier alpha value is -3.58. The van der Waals surface area contributed by atoms with Crippen LogP contribution in [0.1, 0.15) is 6.42 Å². The molecule has 2 aromatic carbocycles. The van der Waals surface area contributed by atoms with Crippen LogP contribution in [0.15, 0.2) is 60.8 Å². The van der Waals surface area contributed by atoms with Gasteiger partial charge in [0, 0.05) is 41.4 Å². The van der Waals surface area contributed by atoms with Crippen molar-refractivity contribution in [1.82, 2.24) is 14.8 Å². The van der Waals surface area contributed by atoms with Crippen LogP contribution in [0, 0.1) is 0 Å². The molecule has 0 saturated heterocycles. The van der Waals surface area contributed by atoms with Gasteiger partial charge < -0.3 is 10.1 Å². The second-order valence-electron chi connectivity index (χ2n) is 7.39. The van der Waals surface area contributed by atoms with Crippen molar-refractivity contribution in [1.29, 1.82) is 0 Å². The molecule has 2 aromatic heterocycles. The van der Waals surface area contributed by atoms with Crippen LogP contribution in [-0.2, 0) is 7.05 Å². The second kappa shape index (κ2) is 7.92. The number of ether oxygens (including phenoxy) is 1. The van der Waals surface area contributed by atoms with Gasteiger partial charge in [0.1, 0.15) is 0 Å². The number of rotatable bonds is 2. The molecule has 5 rings (SSSR count). The third kappa shape index (κ3) is 3.92. The fourth-order valence-electron chi connectivity index (χ4n) is 3.67. The molecule has 1 aliphatic rings. The Morgan fingerprint density at radius 3 is 2.94 bits per heavy atom. The SMILES string of the molecule is Cn1cc2ccc(NC(=O)N3CCCOc4ccc(-c5cccc(Cl)c5)nc43)cc2n1. The molecule has 0 aliphatic carbocycles. The molecule has 31 heavy (non-hydrogen) atoms. The first-order chi connectivity index (χ1) is 15.1. The monoisotopic (exact) mass is 433 g/mol. The Morgan fingerprint density at radius 1 is 1.16 bits per heavy atom. The van der Waals surface area contributed by atoms with Crippen molar-refractivity contribution in [3.05, 3.63) is 65.8 Å². The molecule has 156 valence electrons. The zero-order chi connectivity index (χ0) is 21.4. The summed E-state index contributed by atoms with van der Waals surface area (Å²) in [6.07, 6.45) is 2.64. The highest BCUT2D eigenvalue weighted by molar-refractivity contribution is 6.30. The summed E-state index contributed by atoms with van der Waals surface area (Å²) in [5, 5.41) is 9.02. The summed E-state index contributed by atoms with van der Waals surface area (Å²) in [6, 6.07) is 16.6. The average molecular weight is 434 g/mol.